The van der Waals surface area contributed by atoms with Crippen molar-refractivity contribution in [2.24, 2.45) is 0 Å². The molecule has 0 aliphatic carbocycles. The van der Waals surface area contributed by atoms with E-state index in [1.165, 1.54) is 48.7 Å². The summed E-state index contributed by atoms with van der Waals surface area (Å²) in [4.78, 5) is 15.1. The Balaban J connectivity index is 1.03. The zero-order chi connectivity index (χ0) is 38.2. The SMILES string of the molecule is c1ccc(-c2nc(-c3ccc(-n4c5ccccc5c5cc6c7ccccc7n(-c7ccc8ccccc8c7)c6cc54)cc3)nc(-c3ccc4ccccc4c3)n2)cc1. The molecule has 0 spiro atoms. The van der Waals surface area contributed by atoms with Gasteiger partial charge < -0.3 is 9.13 Å². The molecule has 12 aromatic rings. The number of para-hydroxylation sites is 2. The van der Waals surface area contributed by atoms with Crippen molar-refractivity contribution < 1.29 is 0 Å². The van der Waals surface area contributed by atoms with Crippen LogP contribution in [-0.4, -0.2) is 24.1 Å². The lowest BCUT2D eigenvalue weighted by Crippen LogP contribution is -2.00. The van der Waals surface area contributed by atoms with Gasteiger partial charge in [-0.25, -0.2) is 15.0 Å². The molecular weight excluding hydrogens is 707 g/mol. The van der Waals surface area contributed by atoms with Crippen molar-refractivity contribution in [3.8, 4) is 45.5 Å². The molecule has 0 atom stereocenters. The third-order valence-corrected chi connectivity index (χ3v) is 11.5. The van der Waals surface area contributed by atoms with Gasteiger partial charge in [-0.3, -0.25) is 0 Å². The highest BCUT2D eigenvalue weighted by molar-refractivity contribution is 6.19. The number of rotatable bonds is 5. The number of fused-ring (bicyclic) bond motifs is 8. The van der Waals surface area contributed by atoms with Crippen molar-refractivity contribution in [2.45, 2.75) is 0 Å². The molecule has 270 valence electrons. The van der Waals surface area contributed by atoms with Gasteiger partial charge in [0, 0.05) is 49.6 Å². The van der Waals surface area contributed by atoms with E-state index in [0.29, 0.717) is 17.5 Å². The van der Waals surface area contributed by atoms with Crippen molar-refractivity contribution in [1.82, 2.24) is 24.1 Å². The number of benzene rings is 9. The van der Waals surface area contributed by atoms with E-state index in [2.05, 4.69) is 179 Å². The fraction of sp³-hybridized carbons (Fsp3) is 0. The largest absolute Gasteiger partial charge is 0.309 e. The first kappa shape index (κ1) is 32.4. The Hall–Kier alpha value is -7.89. The second kappa shape index (κ2) is 12.8. The molecule has 0 saturated carbocycles. The van der Waals surface area contributed by atoms with E-state index in [0.717, 1.165) is 44.5 Å². The summed E-state index contributed by atoms with van der Waals surface area (Å²) < 4.78 is 4.81. The Kier molecular flexibility index (Phi) is 7.16. The van der Waals surface area contributed by atoms with Crippen LogP contribution in [0.25, 0.3) is 111 Å². The molecule has 3 heterocycles. The average Bonchev–Trinajstić information content (AvgIpc) is 3.80. The van der Waals surface area contributed by atoms with Crippen LogP contribution in [0.4, 0.5) is 0 Å². The van der Waals surface area contributed by atoms with Gasteiger partial charge in [0.2, 0.25) is 0 Å². The summed E-state index contributed by atoms with van der Waals surface area (Å²) in [6.45, 7) is 0. The summed E-state index contributed by atoms with van der Waals surface area (Å²) in [6, 6.07) is 71.1. The third kappa shape index (κ3) is 5.14. The summed E-state index contributed by atoms with van der Waals surface area (Å²) in [6.07, 6.45) is 0. The number of hydrogen-bond donors (Lipinski definition) is 0. The molecule has 0 bridgehead atoms. The van der Waals surface area contributed by atoms with Gasteiger partial charge in [0.1, 0.15) is 0 Å². The van der Waals surface area contributed by atoms with Crippen LogP contribution in [0.5, 0.6) is 0 Å². The molecule has 5 nitrogen and oxygen atoms in total. The quantitative estimate of drug-likeness (QED) is 0.177. The molecular formula is C53H33N5. The Bertz CT molecular complexity index is 3560. The molecule has 3 aromatic heterocycles. The van der Waals surface area contributed by atoms with Crippen LogP contribution in [0, 0.1) is 0 Å². The summed E-state index contributed by atoms with van der Waals surface area (Å²) >= 11 is 0. The monoisotopic (exact) mass is 739 g/mol. The smallest absolute Gasteiger partial charge is 0.164 e. The minimum Gasteiger partial charge on any atom is -0.309 e. The predicted octanol–water partition coefficient (Wildman–Crippen LogP) is 13.4. The topological polar surface area (TPSA) is 48.5 Å². The maximum atomic E-state index is 5.08. The standard InChI is InChI=1S/C53H33N5/c1-2-14-36(15-3-1)51-54-52(56-53(55-51)40-23-22-34-12-4-6-16-38(34)30-40)37-25-27-41(28-26-37)57-47-20-10-8-18-43(47)45-32-46-44-19-9-11-21-48(44)58(50(46)33-49(45)57)42-29-24-35-13-5-7-17-39(35)31-42/h1-33H. The zero-order valence-electron chi connectivity index (χ0n) is 31.3. The molecule has 0 saturated heterocycles. The lowest BCUT2D eigenvalue weighted by atomic mass is 10.1. The first-order valence-corrected chi connectivity index (χ1v) is 19.6. The second-order valence-electron chi connectivity index (χ2n) is 14.9. The molecule has 5 heteroatoms. The fourth-order valence-electron chi connectivity index (χ4n) is 8.74. The van der Waals surface area contributed by atoms with Crippen LogP contribution in [0.2, 0.25) is 0 Å². The van der Waals surface area contributed by atoms with Crippen LogP contribution in [0.15, 0.2) is 200 Å². The van der Waals surface area contributed by atoms with Gasteiger partial charge in [-0.1, -0.05) is 133 Å². The molecule has 58 heavy (non-hydrogen) atoms. The van der Waals surface area contributed by atoms with Crippen molar-refractivity contribution in [2.75, 3.05) is 0 Å². The Morgan fingerprint density at radius 2 is 0.707 bits per heavy atom. The summed E-state index contributed by atoms with van der Waals surface area (Å²) in [7, 11) is 0. The van der Waals surface area contributed by atoms with Crippen LogP contribution in [0.3, 0.4) is 0 Å². The molecule has 0 amide bonds. The first-order chi connectivity index (χ1) is 28.7. The molecule has 0 radical (unpaired) electrons. The van der Waals surface area contributed by atoms with Crippen molar-refractivity contribution in [1.29, 1.82) is 0 Å². The lowest BCUT2D eigenvalue weighted by molar-refractivity contribution is 1.07. The zero-order valence-corrected chi connectivity index (χ0v) is 31.3. The highest BCUT2D eigenvalue weighted by atomic mass is 15.0. The molecule has 12 rings (SSSR count). The molecule has 0 N–H and O–H groups in total. The van der Waals surface area contributed by atoms with E-state index in [-0.39, 0.29) is 0 Å². The molecule has 9 aromatic carbocycles. The van der Waals surface area contributed by atoms with E-state index < -0.39 is 0 Å². The summed E-state index contributed by atoms with van der Waals surface area (Å²) in [5.74, 6) is 1.92. The second-order valence-corrected chi connectivity index (χ2v) is 14.9. The first-order valence-electron chi connectivity index (χ1n) is 19.6. The van der Waals surface area contributed by atoms with E-state index in [4.69, 9.17) is 15.0 Å². The maximum absolute atomic E-state index is 5.08. The highest BCUT2D eigenvalue weighted by Crippen LogP contribution is 2.40. The van der Waals surface area contributed by atoms with E-state index >= 15 is 0 Å². The average molecular weight is 740 g/mol. The van der Waals surface area contributed by atoms with Crippen LogP contribution >= 0.6 is 0 Å². The number of aromatic nitrogens is 5. The molecule has 0 aliphatic rings. The Morgan fingerprint density at radius 3 is 1.34 bits per heavy atom. The van der Waals surface area contributed by atoms with Gasteiger partial charge >= 0.3 is 0 Å². The van der Waals surface area contributed by atoms with E-state index in [9.17, 15) is 0 Å². The van der Waals surface area contributed by atoms with Gasteiger partial charge in [0.15, 0.2) is 17.5 Å². The Morgan fingerprint density at radius 1 is 0.259 bits per heavy atom. The van der Waals surface area contributed by atoms with Crippen LogP contribution in [-0.2, 0) is 0 Å². The van der Waals surface area contributed by atoms with Crippen molar-refractivity contribution in [3.05, 3.63) is 200 Å². The van der Waals surface area contributed by atoms with E-state index in [1.54, 1.807) is 0 Å². The minimum absolute atomic E-state index is 0.632. The van der Waals surface area contributed by atoms with Crippen LogP contribution < -0.4 is 0 Å². The van der Waals surface area contributed by atoms with Gasteiger partial charge in [0.25, 0.3) is 0 Å². The Labute approximate surface area is 333 Å². The molecule has 0 aliphatic heterocycles. The molecule has 0 fully saturated rings. The number of nitrogens with zero attached hydrogens (tertiary/aromatic N) is 5. The summed E-state index contributed by atoms with van der Waals surface area (Å²) in [5, 5.41) is 9.70. The van der Waals surface area contributed by atoms with Gasteiger partial charge in [-0.2, -0.15) is 0 Å². The van der Waals surface area contributed by atoms with Gasteiger partial charge in [-0.15, -0.1) is 0 Å². The van der Waals surface area contributed by atoms with E-state index in [1.807, 2.05) is 30.3 Å². The predicted molar refractivity (Wildman–Crippen MR) is 240 cm³/mol. The molecule has 0 unspecified atom stereocenters. The van der Waals surface area contributed by atoms with Crippen molar-refractivity contribution >= 4 is 65.2 Å². The fourth-order valence-corrected chi connectivity index (χ4v) is 8.74. The third-order valence-electron chi connectivity index (χ3n) is 11.5. The number of hydrogen-bond acceptors (Lipinski definition) is 3. The van der Waals surface area contributed by atoms with Gasteiger partial charge in [-0.05, 0) is 88.3 Å². The normalized spacial score (nSPS) is 11.8. The maximum Gasteiger partial charge on any atom is 0.164 e. The van der Waals surface area contributed by atoms with Crippen LogP contribution in [0.1, 0.15) is 0 Å². The van der Waals surface area contributed by atoms with Gasteiger partial charge in [0.05, 0.1) is 22.1 Å². The summed E-state index contributed by atoms with van der Waals surface area (Å²) in [5.41, 5.74) is 9.70. The van der Waals surface area contributed by atoms with Crippen molar-refractivity contribution in [3.63, 3.8) is 0 Å². The highest BCUT2D eigenvalue weighted by Gasteiger charge is 2.19. The minimum atomic E-state index is 0.632. The lowest BCUT2D eigenvalue weighted by Gasteiger charge is -2.12.